The molecule has 0 amide bonds. The van der Waals surface area contributed by atoms with Gasteiger partial charge in [0.2, 0.25) is 0 Å². The molecule has 19 heavy (non-hydrogen) atoms. The lowest BCUT2D eigenvalue weighted by atomic mass is 9.57. The van der Waals surface area contributed by atoms with Crippen LogP contribution in [-0.4, -0.2) is 25.5 Å². The van der Waals surface area contributed by atoms with E-state index in [9.17, 15) is 0 Å². The molecule has 4 rings (SSSR count). The first kappa shape index (κ1) is 13.5. The van der Waals surface area contributed by atoms with Crippen molar-refractivity contribution in [2.75, 3.05) is 20.6 Å². The van der Waals surface area contributed by atoms with Crippen molar-refractivity contribution in [1.29, 1.82) is 0 Å². The monoisotopic (exact) mass is 277 g/mol. The Kier molecular flexibility index (Phi) is 3.86. The molecule has 0 radical (unpaired) electrons. The Labute approximate surface area is 121 Å². The molecule has 104 valence electrons. The fourth-order valence-corrected chi connectivity index (χ4v) is 4.75. The van der Waals surface area contributed by atoms with Crippen molar-refractivity contribution in [3.8, 4) is 0 Å². The maximum atomic E-state index is 6.48. The quantitative estimate of drug-likeness (QED) is 0.790. The van der Waals surface area contributed by atoms with Gasteiger partial charge in [0.15, 0.2) is 0 Å². The standard InChI is InChI=1S/C17H24ClN/c1-19(2)11-15-12-7-9-13(10-8-12)17(15)14-5-3-4-6-16(14)18/h3-6,12-13,15,17H,7-11H2,1-2H3/t12?,13?,15-,17?/m1/s1. The average molecular weight is 278 g/mol. The predicted octanol–water partition coefficient (Wildman–Crippen LogP) is 4.42. The highest BCUT2D eigenvalue weighted by Crippen LogP contribution is 2.54. The molecule has 2 heteroatoms. The summed E-state index contributed by atoms with van der Waals surface area (Å²) in [5, 5.41) is 0.976. The first-order valence-corrected chi connectivity index (χ1v) is 7.93. The summed E-state index contributed by atoms with van der Waals surface area (Å²) < 4.78 is 0. The lowest BCUT2D eigenvalue weighted by Crippen LogP contribution is -2.43. The minimum Gasteiger partial charge on any atom is -0.309 e. The lowest BCUT2D eigenvalue weighted by molar-refractivity contribution is 0.0507. The maximum Gasteiger partial charge on any atom is 0.0441 e. The van der Waals surface area contributed by atoms with Gasteiger partial charge in [0.05, 0.1) is 0 Å². The molecular weight excluding hydrogens is 254 g/mol. The van der Waals surface area contributed by atoms with Gasteiger partial charge >= 0.3 is 0 Å². The van der Waals surface area contributed by atoms with E-state index in [4.69, 9.17) is 11.6 Å². The van der Waals surface area contributed by atoms with Crippen molar-refractivity contribution in [1.82, 2.24) is 4.90 Å². The van der Waals surface area contributed by atoms with Crippen LogP contribution in [-0.2, 0) is 0 Å². The molecular formula is C17H24ClN. The highest BCUT2D eigenvalue weighted by Gasteiger charge is 2.44. The van der Waals surface area contributed by atoms with E-state index in [1.165, 1.54) is 37.8 Å². The third-order valence-corrected chi connectivity index (χ3v) is 5.58. The zero-order valence-corrected chi connectivity index (χ0v) is 12.7. The van der Waals surface area contributed by atoms with E-state index in [1.807, 2.05) is 6.07 Å². The Morgan fingerprint density at radius 1 is 1.05 bits per heavy atom. The Hall–Kier alpha value is -0.530. The average Bonchev–Trinajstić information content (AvgIpc) is 2.40. The fourth-order valence-electron chi connectivity index (χ4n) is 4.49. The van der Waals surface area contributed by atoms with E-state index in [1.54, 1.807) is 0 Å². The Bertz CT molecular complexity index is 435. The molecule has 3 saturated carbocycles. The van der Waals surface area contributed by atoms with Gasteiger partial charge in [-0.25, -0.2) is 0 Å². The molecule has 3 fully saturated rings. The predicted molar refractivity (Wildman–Crippen MR) is 81.7 cm³/mol. The van der Waals surface area contributed by atoms with Gasteiger partial charge in [-0.15, -0.1) is 0 Å². The molecule has 0 heterocycles. The minimum absolute atomic E-state index is 0.684. The summed E-state index contributed by atoms with van der Waals surface area (Å²) in [5.74, 6) is 3.24. The fraction of sp³-hybridized carbons (Fsp3) is 0.647. The zero-order valence-electron chi connectivity index (χ0n) is 12.0. The van der Waals surface area contributed by atoms with Crippen LogP contribution < -0.4 is 0 Å². The van der Waals surface area contributed by atoms with Crippen molar-refractivity contribution in [3.05, 3.63) is 34.9 Å². The molecule has 3 aliphatic carbocycles. The number of rotatable bonds is 3. The molecule has 0 saturated heterocycles. The maximum absolute atomic E-state index is 6.48. The second-order valence-electron chi connectivity index (χ2n) is 6.65. The van der Waals surface area contributed by atoms with Crippen molar-refractivity contribution in [2.24, 2.45) is 17.8 Å². The van der Waals surface area contributed by atoms with E-state index >= 15 is 0 Å². The van der Waals surface area contributed by atoms with Crippen LogP contribution in [0.4, 0.5) is 0 Å². The Balaban J connectivity index is 1.94. The zero-order chi connectivity index (χ0) is 13.4. The summed E-state index contributed by atoms with van der Waals surface area (Å²) in [7, 11) is 4.40. The number of benzene rings is 1. The van der Waals surface area contributed by atoms with Crippen LogP contribution in [0.25, 0.3) is 0 Å². The van der Waals surface area contributed by atoms with Gasteiger partial charge in [0.1, 0.15) is 0 Å². The first-order chi connectivity index (χ1) is 9.16. The summed E-state index contributed by atoms with van der Waals surface area (Å²) in [4.78, 5) is 2.36. The summed E-state index contributed by atoms with van der Waals surface area (Å²) >= 11 is 6.48. The highest BCUT2D eigenvalue weighted by atomic mass is 35.5. The van der Waals surface area contributed by atoms with E-state index in [0.29, 0.717) is 5.92 Å². The highest BCUT2D eigenvalue weighted by molar-refractivity contribution is 6.31. The van der Waals surface area contributed by atoms with E-state index in [2.05, 4.69) is 37.2 Å². The second-order valence-corrected chi connectivity index (χ2v) is 7.06. The number of hydrogen-bond donors (Lipinski definition) is 0. The third kappa shape index (κ3) is 2.55. The number of hydrogen-bond acceptors (Lipinski definition) is 1. The van der Waals surface area contributed by atoms with Gasteiger partial charge in [-0.1, -0.05) is 29.8 Å². The molecule has 1 nitrogen and oxygen atoms in total. The summed E-state index contributed by atoms with van der Waals surface area (Å²) in [6, 6.07) is 8.52. The number of nitrogens with zero attached hydrogens (tertiary/aromatic N) is 1. The van der Waals surface area contributed by atoms with Crippen molar-refractivity contribution in [3.63, 3.8) is 0 Å². The minimum atomic E-state index is 0.684. The largest absolute Gasteiger partial charge is 0.309 e. The van der Waals surface area contributed by atoms with E-state index in [0.717, 1.165) is 22.8 Å². The van der Waals surface area contributed by atoms with Crippen molar-refractivity contribution >= 4 is 11.6 Å². The lowest BCUT2D eigenvalue weighted by Gasteiger charge is -2.50. The number of halogens is 1. The van der Waals surface area contributed by atoms with Crippen molar-refractivity contribution in [2.45, 2.75) is 31.6 Å². The van der Waals surface area contributed by atoms with Crippen LogP contribution >= 0.6 is 11.6 Å². The third-order valence-electron chi connectivity index (χ3n) is 5.23. The van der Waals surface area contributed by atoms with Crippen LogP contribution in [0.3, 0.4) is 0 Å². The van der Waals surface area contributed by atoms with Gasteiger partial charge < -0.3 is 4.90 Å². The Morgan fingerprint density at radius 2 is 1.68 bits per heavy atom. The smallest absolute Gasteiger partial charge is 0.0441 e. The normalized spacial score (nSPS) is 33.9. The molecule has 1 aromatic carbocycles. The summed E-state index contributed by atoms with van der Waals surface area (Å²) in [5.41, 5.74) is 1.41. The van der Waals surface area contributed by atoms with Crippen LogP contribution in [0.15, 0.2) is 24.3 Å². The van der Waals surface area contributed by atoms with Crippen molar-refractivity contribution < 1.29 is 0 Å². The summed E-state index contributed by atoms with van der Waals surface area (Å²) in [6.07, 6.45) is 5.68. The van der Waals surface area contributed by atoms with Crippen LogP contribution in [0.2, 0.25) is 5.02 Å². The van der Waals surface area contributed by atoms with Gasteiger partial charge in [-0.2, -0.15) is 0 Å². The van der Waals surface area contributed by atoms with Crippen LogP contribution in [0, 0.1) is 17.8 Å². The first-order valence-electron chi connectivity index (χ1n) is 7.56. The molecule has 0 aromatic heterocycles. The van der Waals surface area contributed by atoms with Gasteiger partial charge in [-0.3, -0.25) is 0 Å². The summed E-state index contributed by atoms with van der Waals surface area (Å²) in [6.45, 7) is 1.21. The van der Waals surface area contributed by atoms with Gasteiger partial charge in [0, 0.05) is 11.6 Å². The SMILES string of the molecule is CN(C)C[C@@H]1C2CCC(CC2)C1c1ccccc1Cl. The van der Waals surface area contributed by atoms with E-state index < -0.39 is 0 Å². The molecule has 2 atom stereocenters. The molecule has 0 spiro atoms. The molecule has 1 unspecified atom stereocenters. The molecule has 3 aliphatic rings. The Morgan fingerprint density at radius 3 is 2.32 bits per heavy atom. The topological polar surface area (TPSA) is 3.24 Å². The number of fused-ring (bicyclic) bond motifs is 3. The van der Waals surface area contributed by atoms with Crippen LogP contribution in [0.5, 0.6) is 0 Å². The second kappa shape index (κ2) is 5.46. The molecule has 1 aromatic rings. The van der Waals surface area contributed by atoms with E-state index in [-0.39, 0.29) is 0 Å². The molecule has 0 aliphatic heterocycles. The van der Waals surface area contributed by atoms with Gasteiger partial charge in [0.25, 0.3) is 0 Å². The molecule has 0 N–H and O–H groups in total. The molecule has 2 bridgehead atoms. The van der Waals surface area contributed by atoms with Crippen LogP contribution in [0.1, 0.15) is 37.2 Å². The van der Waals surface area contributed by atoms with Gasteiger partial charge in [-0.05, 0) is 75.1 Å².